The second kappa shape index (κ2) is 5.77. The molecule has 2 amide bonds. The van der Waals surface area contributed by atoms with Crippen LogP contribution in [0.5, 0.6) is 0 Å². The molecule has 4 heterocycles. The minimum absolute atomic E-state index is 0.0109. The Morgan fingerprint density at radius 1 is 1.26 bits per heavy atom. The van der Waals surface area contributed by atoms with E-state index in [-0.39, 0.29) is 23.9 Å². The topological polar surface area (TPSA) is 53.5 Å². The summed E-state index contributed by atoms with van der Waals surface area (Å²) in [6.45, 7) is 1.33. The molecule has 2 aromatic heterocycles. The van der Waals surface area contributed by atoms with Crippen molar-refractivity contribution in [2.75, 3.05) is 6.54 Å². The van der Waals surface area contributed by atoms with E-state index >= 15 is 0 Å². The molecule has 4 rings (SSSR count). The van der Waals surface area contributed by atoms with E-state index in [1.807, 2.05) is 38.8 Å². The molecular weight excluding hydrogens is 310 g/mol. The number of nitrogens with zero attached hydrogens (tertiary/aromatic N) is 3. The number of fused-ring (bicyclic) bond motifs is 1. The maximum absolute atomic E-state index is 12.6. The molecule has 2 aliphatic rings. The Morgan fingerprint density at radius 2 is 2.09 bits per heavy atom. The first-order valence-electron chi connectivity index (χ1n) is 7.75. The van der Waals surface area contributed by atoms with Crippen molar-refractivity contribution in [3.8, 4) is 0 Å². The minimum atomic E-state index is 0.0109. The van der Waals surface area contributed by atoms with Gasteiger partial charge in [0.25, 0.3) is 5.91 Å². The maximum Gasteiger partial charge on any atom is 0.255 e. The lowest BCUT2D eigenvalue weighted by atomic mass is 10.1. The van der Waals surface area contributed by atoms with E-state index in [9.17, 15) is 9.59 Å². The third kappa shape index (κ3) is 2.53. The summed E-state index contributed by atoms with van der Waals surface area (Å²) >= 11 is 1.52. The van der Waals surface area contributed by atoms with Gasteiger partial charge in [0.2, 0.25) is 5.91 Å². The van der Waals surface area contributed by atoms with E-state index in [0.29, 0.717) is 13.0 Å². The zero-order valence-corrected chi connectivity index (χ0v) is 13.4. The monoisotopic (exact) mass is 327 g/mol. The van der Waals surface area contributed by atoms with Crippen molar-refractivity contribution in [1.29, 1.82) is 0 Å². The molecule has 0 saturated carbocycles. The first-order valence-corrected chi connectivity index (χ1v) is 8.70. The van der Waals surface area contributed by atoms with Crippen molar-refractivity contribution >= 4 is 23.2 Å². The summed E-state index contributed by atoms with van der Waals surface area (Å²) in [6, 6.07) is 5.87. The molecule has 0 bridgehead atoms. The van der Waals surface area contributed by atoms with Gasteiger partial charge in [-0.25, -0.2) is 0 Å². The minimum Gasteiger partial charge on any atom is -0.333 e. The fourth-order valence-electron chi connectivity index (χ4n) is 3.62. The molecule has 2 aromatic rings. The number of likely N-dealkylation sites (tertiary alicyclic amines) is 2. The zero-order chi connectivity index (χ0) is 15.8. The van der Waals surface area contributed by atoms with Gasteiger partial charge in [0.15, 0.2) is 0 Å². The van der Waals surface area contributed by atoms with E-state index < -0.39 is 0 Å². The van der Waals surface area contributed by atoms with Gasteiger partial charge in [0.05, 0.1) is 17.6 Å². The summed E-state index contributed by atoms with van der Waals surface area (Å²) in [6.07, 6.45) is 4.78. The van der Waals surface area contributed by atoms with Crippen LogP contribution in [0.25, 0.3) is 0 Å². The molecule has 2 unspecified atom stereocenters. The van der Waals surface area contributed by atoms with Gasteiger partial charge in [-0.15, -0.1) is 0 Å². The lowest BCUT2D eigenvalue weighted by Gasteiger charge is -2.25. The Balaban J connectivity index is 1.52. The second-order valence-corrected chi connectivity index (χ2v) is 6.80. The van der Waals surface area contributed by atoms with Gasteiger partial charge in [-0.1, -0.05) is 0 Å². The molecule has 0 N–H and O–H groups in total. The van der Waals surface area contributed by atoms with Crippen LogP contribution in [0.3, 0.4) is 0 Å². The molecule has 2 atom stereocenters. The van der Waals surface area contributed by atoms with Gasteiger partial charge >= 0.3 is 0 Å². The van der Waals surface area contributed by atoms with Crippen LogP contribution in [0.2, 0.25) is 0 Å². The average molecular weight is 327 g/mol. The number of hydrogen-bond acceptors (Lipinski definition) is 4. The third-order valence-corrected chi connectivity index (χ3v) is 5.43. The SMILES string of the molecule is O=C1CC2C(CCN2C(=O)c2ccsc2)N1Cc1ccncc1. The molecule has 6 heteroatoms. The molecular formula is C17H17N3O2S. The number of amides is 2. The summed E-state index contributed by atoms with van der Waals surface area (Å²) in [4.78, 5) is 32.9. The Kier molecular flexibility index (Phi) is 3.61. The number of carbonyl (C=O) groups excluding carboxylic acids is 2. The van der Waals surface area contributed by atoms with Crippen LogP contribution in [0.1, 0.15) is 28.8 Å². The zero-order valence-electron chi connectivity index (χ0n) is 12.6. The molecule has 2 aliphatic heterocycles. The summed E-state index contributed by atoms with van der Waals surface area (Å²) in [5.74, 6) is 0.192. The lowest BCUT2D eigenvalue weighted by Crippen LogP contribution is -2.39. The van der Waals surface area contributed by atoms with E-state index in [2.05, 4.69) is 4.98 Å². The van der Waals surface area contributed by atoms with E-state index in [1.165, 1.54) is 11.3 Å². The van der Waals surface area contributed by atoms with E-state index in [4.69, 9.17) is 0 Å². The van der Waals surface area contributed by atoms with Crippen molar-refractivity contribution in [1.82, 2.24) is 14.8 Å². The van der Waals surface area contributed by atoms with Gasteiger partial charge < -0.3 is 9.80 Å². The van der Waals surface area contributed by atoms with Gasteiger partial charge in [0, 0.05) is 37.3 Å². The smallest absolute Gasteiger partial charge is 0.255 e. The molecule has 0 radical (unpaired) electrons. The largest absolute Gasteiger partial charge is 0.333 e. The number of aromatic nitrogens is 1. The fraction of sp³-hybridized carbons (Fsp3) is 0.353. The maximum atomic E-state index is 12.6. The molecule has 2 saturated heterocycles. The molecule has 0 aromatic carbocycles. The Hall–Kier alpha value is -2.21. The summed E-state index contributed by atoms with van der Waals surface area (Å²) in [5, 5.41) is 3.79. The predicted octanol–water partition coefficient (Wildman–Crippen LogP) is 2.16. The van der Waals surface area contributed by atoms with Crippen LogP contribution in [0.15, 0.2) is 41.4 Å². The van der Waals surface area contributed by atoms with E-state index in [0.717, 1.165) is 24.1 Å². The first-order chi connectivity index (χ1) is 11.2. The Morgan fingerprint density at radius 3 is 2.83 bits per heavy atom. The van der Waals surface area contributed by atoms with Crippen LogP contribution in [-0.4, -0.2) is 45.2 Å². The van der Waals surface area contributed by atoms with Crippen molar-refractivity contribution in [2.24, 2.45) is 0 Å². The van der Waals surface area contributed by atoms with E-state index in [1.54, 1.807) is 12.4 Å². The third-order valence-electron chi connectivity index (χ3n) is 4.75. The standard InChI is InChI=1S/C17H17N3O2S/c21-16-9-15-14(20(16)10-12-1-5-18-6-2-12)3-7-19(15)17(22)13-4-8-23-11-13/h1-2,4-6,8,11,14-15H,3,7,9-10H2. The van der Waals surface area contributed by atoms with Gasteiger partial charge in [-0.3, -0.25) is 14.6 Å². The highest BCUT2D eigenvalue weighted by Gasteiger charge is 2.48. The number of carbonyl (C=O) groups is 2. The number of pyridine rings is 1. The van der Waals surface area contributed by atoms with Crippen molar-refractivity contribution < 1.29 is 9.59 Å². The molecule has 2 fully saturated rings. The number of rotatable bonds is 3. The predicted molar refractivity (Wildman–Crippen MR) is 87.0 cm³/mol. The molecule has 0 aliphatic carbocycles. The second-order valence-electron chi connectivity index (χ2n) is 6.02. The normalized spacial score (nSPS) is 23.4. The molecule has 23 heavy (non-hydrogen) atoms. The first kappa shape index (κ1) is 14.4. The highest BCUT2D eigenvalue weighted by atomic mass is 32.1. The van der Waals surface area contributed by atoms with Crippen LogP contribution in [-0.2, 0) is 11.3 Å². The highest BCUT2D eigenvalue weighted by molar-refractivity contribution is 7.08. The molecule has 0 spiro atoms. The van der Waals surface area contributed by atoms with Gasteiger partial charge in [-0.2, -0.15) is 11.3 Å². The van der Waals surface area contributed by atoms with Crippen LogP contribution >= 0.6 is 11.3 Å². The summed E-state index contributed by atoms with van der Waals surface area (Å²) < 4.78 is 0. The van der Waals surface area contributed by atoms with Crippen molar-refractivity contribution in [3.05, 3.63) is 52.5 Å². The average Bonchev–Trinajstić information content (AvgIpc) is 3.27. The Bertz CT molecular complexity index is 717. The fourth-order valence-corrected chi connectivity index (χ4v) is 4.25. The van der Waals surface area contributed by atoms with Crippen LogP contribution in [0, 0.1) is 0 Å². The number of hydrogen-bond donors (Lipinski definition) is 0. The number of thiophene rings is 1. The summed E-state index contributed by atoms with van der Waals surface area (Å²) in [7, 11) is 0. The van der Waals surface area contributed by atoms with Crippen LogP contribution in [0.4, 0.5) is 0 Å². The van der Waals surface area contributed by atoms with Crippen molar-refractivity contribution in [3.63, 3.8) is 0 Å². The Labute approximate surface area is 138 Å². The van der Waals surface area contributed by atoms with Gasteiger partial charge in [-0.05, 0) is 35.6 Å². The van der Waals surface area contributed by atoms with Crippen LogP contribution < -0.4 is 0 Å². The summed E-state index contributed by atoms with van der Waals surface area (Å²) in [5.41, 5.74) is 1.81. The van der Waals surface area contributed by atoms with Gasteiger partial charge in [0.1, 0.15) is 0 Å². The highest BCUT2D eigenvalue weighted by Crippen LogP contribution is 2.34. The van der Waals surface area contributed by atoms with Crippen molar-refractivity contribution in [2.45, 2.75) is 31.5 Å². The molecule has 118 valence electrons. The quantitative estimate of drug-likeness (QED) is 0.868. The lowest BCUT2D eigenvalue weighted by molar-refractivity contribution is -0.129. The molecule has 5 nitrogen and oxygen atoms in total.